The van der Waals surface area contributed by atoms with Gasteiger partial charge in [0.15, 0.2) is 12.0 Å². The smallest absolute Gasteiger partial charge is 0.171 e. The minimum Gasteiger partial charge on any atom is -0.337 e. The first-order valence-electron chi connectivity index (χ1n) is 3.28. The van der Waals surface area contributed by atoms with Crippen molar-refractivity contribution < 1.29 is 14.6 Å². The maximum atomic E-state index is 10.5. The van der Waals surface area contributed by atoms with Gasteiger partial charge in [0.2, 0.25) is 0 Å². The lowest BCUT2D eigenvalue weighted by Gasteiger charge is -1.94. The third kappa shape index (κ3) is 0.897. The topological polar surface area (TPSA) is 35.5 Å². The van der Waals surface area contributed by atoms with E-state index in [1.807, 2.05) is 0 Å². The molecule has 1 aromatic carbocycles. The average molecular weight is 150 g/mol. The molecule has 0 radical (unpaired) electrons. The lowest BCUT2D eigenvalue weighted by atomic mass is 10.1. The molecule has 0 fully saturated rings. The van der Waals surface area contributed by atoms with Crippen LogP contribution >= 0.6 is 0 Å². The Morgan fingerprint density at radius 3 is 3.18 bits per heavy atom. The monoisotopic (exact) mass is 150 g/mol. The first kappa shape index (κ1) is 6.37. The van der Waals surface area contributed by atoms with E-state index in [-0.39, 0.29) is 0 Å². The van der Waals surface area contributed by atoms with Crippen molar-refractivity contribution in [2.75, 3.05) is 0 Å². The average Bonchev–Trinajstić information content (AvgIpc) is 2.50. The highest BCUT2D eigenvalue weighted by atomic mass is 17.2. The number of fused-ring (bicyclic) bond motifs is 1. The number of hydrogen-bond acceptors (Lipinski definition) is 3. The molecule has 0 N–H and O–H groups in total. The second-order valence-electron chi connectivity index (χ2n) is 2.29. The summed E-state index contributed by atoms with van der Waals surface area (Å²) in [4.78, 5) is 19.9. The molecule has 11 heavy (non-hydrogen) atoms. The lowest BCUT2D eigenvalue weighted by molar-refractivity contribution is -0.194. The fourth-order valence-electron chi connectivity index (χ4n) is 1.08. The van der Waals surface area contributed by atoms with Crippen molar-refractivity contribution in [2.45, 2.75) is 6.61 Å². The predicted molar refractivity (Wildman–Crippen MR) is 37.2 cm³/mol. The Morgan fingerprint density at radius 1 is 1.45 bits per heavy atom. The van der Waals surface area contributed by atoms with Crippen LogP contribution in [-0.4, -0.2) is 6.29 Å². The quantitative estimate of drug-likeness (QED) is 0.447. The molecule has 2 rings (SSSR count). The molecule has 0 bridgehead atoms. The van der Waals surface area contributed by atoms with Gasteiger partial charge in [-0.2, -0.15) is 4.89 Å². The van der Waals surface area contributed by atoms with Gasteiger partial charge < -0.3 is 4.89 Å². The molecular formula is C8H6O3. The number of carbonyl (C=O) groups is 1. The second kappa shape index (κ2) is 2.36. The van der Waals surface area contributed by atoms with E-state index in [0.29, 0.717) is 17.9 Å². The minimum absolute atomic E-state index is 0.365. The summed E-state index contributed by atoms with van der Waals surface area (Å²) < 4.78 is 0. The van der Waals surface area contributed by atoms with Crippen LogP contribution in [0.15, 0.2) is 18.2 Å². The molecule has 0 saturated carbocycles. The van der Waals surface area contributed by atoms with Gasteiger partial charge in [0, 0.05) is 11.1 Å². The highest BCUT2D eigenvalue weighted by Gasteiger charge is 2.16. The maximum Gasteiger partial charge on any atom is 0.171 e. The highest BCUT2D eigenvalue weighted by Crippen LogP contribution is 2.27. The molecule has 1 aliphatic heterocycles. The molecule has 1 aliphatic rings. The van der Waals surface area contributed by atoms with E-state index in [4.69, 9.17) is 9.78 Å². The molecule has 0 unspecified atom stereocenters. The molecule has 1 heterocycles. The van der Waals surface area contributed by atoms with Gasteiger partial charge in [0.05, 0.1) is 0 Å². The van der Waals surface area contributed by atoms with Crippen LogP contribution in [0.5, 0.6) is 5.75 Å². The molecule has 1 aromatic rings. The van der Waals surface area contributed by atoms with Crippen LogP contribution in [0.2, 0.25) is 0 Å². The zero-order valence-corrected chi connectivity index (χ0v) is 5.74. The van der Waals surface area contributed by atoms with Crippen molar-refractivity contribution in [3.05, 3.63) is 29.3 Å². The van der Waals surface area contributed by atoms with E-state index in [9.17, 15) is 4.79 Å². The highest BCUT2D eigenvalue weighted by molar-refractivity contribution is 5.78. The Labute approximate surface area is 63.5 Å². The third-order valence-corrected chi connectivity index (χ3v) is 1.65. The van der Waals surface area contributed by atoms with Crippen LogP contribution in [0.4, 0.5) is 0 Å². The Balaban J connectivity index is 2.58. The van der Waals surface area contributed by atoms with Crippen LogP contribution in [0.3, 0.4) is 0 Å². The summed E-state index contributed by atoms with van der Waals surface area (Å²) in [5.41, 5.74) is 1.47. The van der Waals surface area contributed by atoms with Crippen LogP contribution in [0.25, 0.3) is 0 Å². The van der Waals surface area contributed by atoms with Gasteiger partial charge in [-0.05, 0) is 6.07 Å². The van der Waals surface area contributed by atoms with Gasteiger partial charge in [-0.15, -0.1) is 0 Å². The Hall–Kier alpha value is -1.35. The van der Waals surface area contributed by atoms with Crippen LogP contribution in [-0.2, 0) is 11.5 Å². The standard InChI is InChI=1S/C8H6O3/c9-4-6-2-1-3-8-7(6)5-10-11-8/h1-4H,5H2. The van der Waals surface area contributed by atoms with Gasteiger partial charge >= 0.3 is 0 Å². The second-order valence-corrected chi connectivity index (χ2v) is 2.29. The summed E-state index contributed by atoms with van der Waals surface area (Å²) in [5.74, 6) is 0.648. The third-order valence-electron chi connectivity index (χ3n) is 1.65. The fourth-order valence-corrected chi connectivity index (χ4v) is 1.08. The van der Waals surface area contributed by atoms with E-state index in [0.717, 1.165) is 11.8 Å². The molecule has 0 aromatic heterocycles. The van der Waals surface area contributed by atoms with Gasteiger partial charge in [-0.25, -0.2) is 0 Å². The normalized spacial score (nSPS) is 13.8. The van der Waals surface area contributed by atoms with E-state index in [1.54, 1.807) is 18.2 Å². The Morgan fingerprint density at radius 2 is 2.36 bits per heavy atom. The van der Waals surface area contributed by atoms with Gasteiger partial charge in [0.1, 0.15) is 6.61 Å². The molecule has 0 aliphatic carbocycles. The summed E-state index contributed by atoms with van der Waals surface area (Å²) in [7, 11) is 0. The summed E-state index contributed by atoms with van der Waals surface area (Å²) in [6.45, 7) is 0.365. The zero-order valence-electron chi connectivity index (χ0n) is 5.74. The fraction of sp³-hybridized carbons (Fsp3) is 0.125. The van der Waals surface area contributed by atoms with Crippen LogP contribution < -0.4 is 4.89 Å². The van der Waals surface area contributed by atoms with E-state index >= 15 is 0 Å². The number of carbonyl (C=O) groups excluding carboxylic acids is 1. The molecule has 0 atom stereocenters. The summed E-state index contributed by atoms with van der Waals surface area (Å²) >= 11 is 0. The van der Waals surface area contributed by atoms with Gasteiger partial charge in [-0.1, -0.05) is 12.1 Å². The largest absolute Gasteiger partial charge is 0.337 e. The first-order chi connectivity index (χ1) is 5.42. The molecule has 0 spiro atoms. The predicted octanol–water partition coefficient (Wildman–Crippen LogP) is 1.32. The van der Waals surface area contributed by atoms with E-state index in [2.05, 4.69) is 0 Å². The van der Waals surface area contributed by atoms with Crippen LogP contribution in [0, 0.1) is 0 Å². The van der Waals surface area contributed by atoms with Crippen molar-refractivity contribution in [3.63, 3.8) is 0 Å². The van der Waals surface area contributed by atoms with E-state index in [1.165, 1.54) is 0 Å². The van der Waals surface area contributed by atoms with Crippen molar-refractivity contribution in [1.29, 1.82) is 0 Å². The number of rotatable bonds is 1. The van der Waals surface area contributed by atoms with Crippen molar-refractivity contribution in [1.82, 2.24) is 0 Å². The summed E-state index contributed by atoms with van der Waals surface area (Å²) in [6, 6.07) is 5.27. The number of aldehydes is 1. The number of hydrogen-bond donors (Lipinski definition) is 0. The Kier molecular flexibility index (Phi) is 1.36. The lowest BCUT2D eigenvalue weighted by Crippen LogP contribution is -1.86. The zero-order chi connectivity index (χ0) is 7.68. The first-order valence-corrected chi connectivity index (χ1v) is 3.28. The molecule has 56 valence electrons. The number of benzene rings is 1. The summed E-state index contributed by atoms with van der Waals surface area (Å²) in [5, 5.41) is 0. The molecule has 3 heteroatoms. The van der Waals surface area contributed by atoms with Crippen molar-refractivity contribution in [3.8, 4) is 5.75 Å². The van der Waals surface area contributed by atoms with Crippen LogP contribution in [0.1, 0.15) is 15.9 Å². The summed E-state index contributed by atoms with van der Waals surface area (Å²) in [6.07, 6.45) is 0.802. The van der Waals surface area contributed by atoms with Gasteiger partial charge in [0.25, 0.3) is 0 Å². The minimum atomic E-state index is 0.365. The maximum absolute atomic E-state index is 10.5. The van der Waals surface area contributed by atoms with E-state index < -0.39 is 0 Å². The Bertz CT molecular complexity index is 293. The molecule has 3 nitrogen and oxygen atoms in total. The van der Waals surface area contributed by atoms with Gasteiger partial charge in [-0.3, -0.25) is 4.79 Å². The molecular weight excluding hydrogens is 144 g/mol. The molecule has 0 amide bonds. The SMILES string of the molecule is O=Cc1cccc2c1COO2. The molecule has 0 saturated heterocycles. The van der Waals surface area contributed by atoms with Crippen molar-refractivity contribution >= 4 is 6.29 Å². The van der Waals surface area contributed by atoms with Crippen molar-refractivity contribution in [2.24, 2.45) is 0 Å².